The van der Waals surface area contributed by atoms with E-state index in [9.17, 15) is 4.79 Å². The van der Waals surface area contributed by atoms with Crippen molar-refractivity contribution in [1.82, 2.24) is 4.98 Å². The average molecular weight is 322 g/mol. The summed E-state index contributed by atoms with van der Waals surface area (Å²) in [5.41, 5.74) is 3.01. The zero-order chi connectivity index (χ0) is 17.1. The number of esters is 1. The van der Waals surface area contributed by atoms with Crippen molar-refractivity contribution in [3.63, 3.8) is 0 Å². The van der Waals surface area contributed by atoms with Gasteiger partial charge in [0.25, 0.3) is 0 Å². The third kappa shape index (κ3) is 3.35. The molecule has 0 spiro atoms. The Balaban J connectivity index is 2.25. The Morgan fingerprint density at radius 2 is 1.92 bits per heavy atom. The van der Waals surface area contributed by atoms with Crippen molar-refractivity contribution in [2.24, 2.45) is 4.99 Å². The van der Waals surface area contributed by atoms with Crippen LogP contribution in [0.1, 0.15) is 31.4 Å². The van der Waals surface area contributed by atoms with Gasteiger partial charge < -0.3 is 9.15 Å². The summed E-state index contributed by atoms with van der Waals surface area (Å²) in [5, 5.41) is 0.847. The zero-order valence-corrected chi connectivity index (χ0v) is 13.8. The predicted octanol–water partition coefficient (Wildman–Crippen LogP) is 3.99. The van der Waals surface area contributed by atoms with Crippen LogP contribution in [0.5, 0.6) is 0 Å². The van der Waals surface area contributed by atoms with Gasteiger partial charge in [-0.25, -0.2) is 9.98 Å². The number of carbonyl (C=O) groups excluding carboxylic acids is 1. The fourth-order valence-corrected chi connectivity index (χ4v) is 2.49. The molecule has 1 atom stereocenters. The molecule has 5 nitrogen and oxygen atoms in total. The number of nitrogens with zero attached hydrogens (tertiary/aromatic N) is 2. The van der Waals surface area contributed by atoms with E-state index in [4.69, 9.17) is 9.15 Å². The second-order valence-corrected chi connectivity index (χ2v) is 5.53. The molecule has 0 saturated heterocycles. The maximum absolute atomic E-state index is 11.2. The van der Waals surface area contributed by atoms with Gasteiger partial charge >= 0.3 is 5.97 Å². The van der Waals surface area contributed by atoms with Crippen LogP contribution in [-0.2, 0) is 9.53 Å². The highest BCUT2D eigenvalue weighted by molar-refractivity contribution is 5.80. The Labute approximate surface area is 139 Å². The van der Waals surface area contributed by atoms with Crippen molar-refractivity contribution in [2.75, 3.05) is 0 Å². The summed E-state index contributed by atoms with van der Waals surface area (Å²) >= 11 is 0. The first-order valence-electron chi connectivity index (χ1n) is 7.72. The van der Waals surface area contributed by atoms with E-state index in [1.807, 2.05) is 55.5 Å². The SMILES string of the molecule is CC(=O)OC(C)c1nc2cccc(C)c2/c(=N\c2ccccc2)o1. The van der Waals surface area contributed by atoms with Crippen LogP contribution < -0.4 is 5.55 Å². The van der Waals surface area contributed by atoms with Gasteiger partial charge in [-0.2, -0.15) is 0 Å². The van der Waals surface area contributed by atoms with E-state index in [1.54, 1.807) is 6.92 Å². The number of aromatic nitrogens is 1. The summed E-state index contributed by atoms with van der Waals surface area (Å²) in [4.78, 5) is 20.3. The van der Waals surface area contributed by atoms with Crippen LogP contribution in [0.3, 0.4) is 0 Å². The second-order valence-electron chi connectivity index (χ2n) is 5.53. The Morgan fingerprint density at radius 3 is 2.62 bits per heavy atom. The molecule has 0 fully saturated rings. The highest BCUT2D eigenvalue weighted by Gasteiger charge is 2.16. The maximum atomic E-state index is 11.2. The molecule has 1 aromatic heterocycles. The molecule has 1 heterocycles. The summed E-state index contributed by atoms with van der Waals surface area (Å²) < 4.78 is 11.1. The number of aryl methyl sites for hydroxylation is 1. The van der Waals surface area contributed by atoms with Crippen LogP contribution in [0.4, 0.5) is 5.69 Å². The average Bonchev–Trinajstić information content (AvgIpc) is 2.55. The Morgan fingerprint density at radius 1 is 1.17 bits per heavy atom. The van der Waals surface area contributed by atoms with Crippen molar-refractivity contribution in [3.05, 3.63) is 65.5 Å². The van der Waals surface area contributed by atoms with E-state index in [0.717, 1.165) is 22.2 Å². The molecule has 0 radical (unpaired) electrons. The van der Waals surface area contributed by atoms with Gasteiger partial charge in [0.15, 0.2) is 6.10 Å². The fourth-order valence-electron chi connectivity index (χ4n) is 2.49. The topological polar surface area (TPSA) is 64.7 Å². The molecule has 3 rings (SSSR count). The number of benzene rings is 2. The van der Waals surface area contributed by atoms with Crippen molar-refractivity contribution < 1.29 is 13.9 Å². The Kier molecular flexibility index (Phi) is 4.42. The first-order chi connectivity index (χ1) is 11.5. The minimum Gasteiger partial charge on any atom is -0.453 e. The molecule has 0 amide bonds. The molecule has 0 N–H and O–H groups in total. The quantitative estimate of drug-likeness (QED) is 0.684. The molecule has 122 valence electrons. The number of hydrogen-bond acceptors (Lipinski definition) is 5. The van der Waals surface area contributed by atoms with Gasteiger partial charge in [-0.05, 0) is 37.6 Å². The van der Waals surface area contributed by atoms with Crippen LogP contribution in [0.2, 0.25) is 0 Å². The van der Waals surface area contributed by atoms with E-state index >= 15 is 0 Å². The molecular weight excluding hydrogens is 304 g/mol. The lowest BCUT2D eigenvalue weighted by molar-refractivity contribution is -0.146. The third-order valence-corrected chi connectivity index (χ3v) is 3.57. The van der Waals surface area contributed by atoms with Crippen molar-refractivity contribution in [1.29, 1.82) is 0 Å². The van der Waals surface area contributed by atoms with Gasteiger partial charge in [0.1, 0.15) is 0 Å². The summed E-state index contributed by atoms with van der Waals surface area (Å²) in [5.74, 6) is -0.0663. The lowest BCUT2D eigenvalue weighted by atomic mass is 10.1. The lowest BCUT2D eigenvalue weighted by Gasteiger charge is -2.11. The number of ether oxygens (including phenoxy) is 1. The van der Waals surface area contributed by atoms with Gasteiger partial charge in [0.2, 0.25) is 11.4 Å². The molecule has 0 aliphatic heterocycles. The first kappa shape index (κ1) is 15.9. The summed E-state index contributed by atoms with van der Waals surface area (Å²) in [7, 11) is 0. The van der Waals surface area contributed by atoms with Crippen molar-refractivity contribution in [3.8, 4) is 0 Å². The van der Waals surface area contributed by atoms with E-state index in [2.05, 4.69) is 9.98 Å². The minimum absolute atomic E-state index is 0.318. The van der Waals surface area contributed by atoms with Crippen LogP contribution in [-0.4, -0.2) is 11.0 Å². The van der Waals surface area contributed by atoms with Gasteiger partial charge in [0.05, 0.1) is 16.6 Å². The molecule has 1 unspecified atom stereocenters. The van der Waals surface area contributed by atoms with E-state index in [-0.39, 0.29) is 5.97 Å². The van der Waals surface area contributed by atoms with Crippen LogP contribution in [0.15, 0.2) is 57.9 Å². The lowest BCUT2D eigenvalue weighted by Crippen LogP contribution is -2.13. The largest absolute Gasteiger partial charge is 0.453 e. The van der Waals surface area contributed by atoms with Gasteiger partial charge in [-0.15, -0.1) is 0 Å². The van der Waals surface area contributed by atoms with Crippen LogP contribution >= 0.6 is 0 Å². The standard InChI is InChI=1S/C19H18N2O3/c1-12-8-7-11-16-17(12)19(20-15-9-5-4-6-10-15)24-18(21-16)13(2)23-14(3)22/h4-11,13H,1-3H3/b20-19+. The molecule has 5 heteroatoms. The first-order valence-corrected chi connectivity index (χ1v) is 7.72. The zero-order valence-electron chi connectivity index (χ0n) is 13.8. The van der Waals surface area contributed by atoms with Gasteiger partial charge in [-0.1, -0.05) is 30.3 Å². The molecule has 24 heavy (non-hydrogen) atoms. The van der Waals surface area contributed by atoms with E-state index in [1.165, 1.54) is 6.92 Å². The number of rotatable bonds is 3. The predicted molar refractivity (Wildman–Crippen MR) is 90.6 cm³/mol. The van der Waals surface area contributed by atoms with Crippen LogP contribution in [0, 0.1) is 6.92 Å². The van der Waals surface area contributed by atoms with E-state index in [0.29, 0.717) is 11.4 Å². The van der Waals surface area contributed by atoms with Crippen molar-refractivity contribution >= 4 is 22.6 Å². The normalized spacial score (nSPS) is 13.0. The third-order valence-electron chi connectivity index (χ3n) is 3.57. The molecule has 0 aliphatic carbocycles. The smallest absolute Gasteiger partial charge is 0.303 e. The Bertz CT molecular complexity index is 946. The fraction of sp³-hybridized carbons (Fsp3) is 0.211. The maximum Gasteiger partial charge on any atom is 0.303 e. The van der Waals surface area contributed by atoms with Gasteiger partial charge in [0, 0.05) is 6.92 Å². The number of fused-ring (bicyclic) bond motifs is 1. The van der Waals surface area contributed by atoms with Gasteiger partial charge in [-0.3, -0.25) is 4.79 Å². The molecule has 0 saturated carbocycles. The van der Waals surface area contributed by atoms with E-state index < -0.39 is 6.10 Å². The number of carbonyl (C=O) groups is 1. The number of hydrogen-bond donors (Lipinski definition) is 0. The highest BCUT2D eigenvalue weighted by atomic mass is 16.6. The summed E-state index contributed by atoms with van der Waals surface area (Å²) in [6.07, 6.45) is -0.586. The molecule has 0 bridgehead atoms. The number of para-hydroxylation sites is 1. The Hall–Kier alpha value is -2.95. The van der Waals surface area contributed by atoms with Crippen molar-refractivity contribution in [2.45, 2.75) is 26.9 Å². The molecule has 2 aromatic carbocycles. The summed E-state index contributed by atoms with van der Waals surface area (Å²) in [6.45, 7) is 5.07. The minimum atomic E-state index is -0.586. The molecule has 0 aliphatic rings. The highest BCUT2D eigenvalue weighted by Crippen LogP contribution is 2.19. The van der Waals surface area contributed by atoms with Crippen LogP contribution in [0.25, 0.3) is 10.9 Å². The second kappa shape index (κ2) is 6.66. The summed E-state index contributed by atoms with van der Waals surface area (Å²) in [6, 6.07) is 15.4. The monoisotopic (exact) mass is 322 g/mol. The molecule has 3 aromatic rings. The molecular formula is C19H18N2O3.